The van der Waals surface area contributed by atoms with Crippen LogP contribution < -0.4 is 5.32 Å². The highest BCUT2D eigenvalue weighted by atomic mass is 32.2. The molecule has 0 saturated carbocycles. The van der Waals surface area contributed by atoms with Crippen molar-refractivity contribution in [2.45, 2.75) is 38.0 Å². The SMILES string of the molecule is CCOC(=O)Cc1csc(NC(=O)C2CCN(S(=O)(=O)c3ccc(C(C)=O)cc3)CC2)n1. The van der Waals surface area contributed by atoms with Crippen molar-refractivity contribution in [1.29, 1.82) is 0 Å². The van der Waals surface area contributed by atoms with E-state index in [2.05, 4.69) is 10.3 Å². The van der Waals surface area contributed by atoms with Crippen LogP contribution in [0, 0.1) is 5.92 Å². The number of hydrogen-bond acceptors (Lipinski definition) is 8. The van der Waals surface area contributed by atoms with Gasteiger partial charge in [-0.05, 0) is 38.8 Å². The number of ketones is 1. The molecule has 1 amide bonds. The van der Waals surface area contributed by atoms with Crippen molar-refractivity contribution in [3.8, 4) is 0 Å². The van der Waals surface area contributed by atoms with Gasteiger partial charge in [-0.1, -0.05) is 12.1 Å². The molecule has 9 nitrogen and oxygen atoms in total. The highest BCUT2D eigenvalue weighted by molar-refractivity contribution is 7.89. The lowest BCUT2D eigenvalue weighted by atomic mass is 9.97. The number of anilines is 1. The van der Waals surface area contributed by atoms with Gasteiger partial charge >= 0.3 is 5.97 Å². The Hall–Kier alpha value is -2.63. The van der Waals surface area contributed by atoms with E-state index in [1.807, 2.05) is 0 Å². The number of ether oxygens (including phenoxy) is 1. The summed E-state index contributed by atoms with van der Waals surface area (Å²) in [5.41, 5.74) is 0.979. The van der Waals surface area contributed by atoms with E-state index in [9.17, 15) is 22.8 Å². The number of rotatable bonds is 8. The molecule has 32 heavy (non-hydrogen) atoms. The molecule has 172 valence electrons. The normalized spacial score (nSPS) is 15.3. The summed E-state index contributed by atoms with van der Waals surface area (Å²) in [7, 11) is -3.69. The minimum atomic E-state index is -3.69. The van der Waals surface area contributed by atoms with Gasteiger partial charge in [0.25, 0.3) is 0 Å². The fraction of sp³-hybridized carbons (Fsp3) is 0.429. The molecular formula is C21H25N3O6S2. The fourth-order valence-electron chi connectivity index (χ4n) is 3.38. The van der Waals surface area contributed by atoms with Gasteiger partial charge in [0.1, 0.15) is 0 Å². The molecule has 1 aromatic carbocycles. The third-order valence-corrected chi connectivity index (χ3v) is 7.86. The third kappa shape index (κ3) is 5.78. The number of piperidine rings is 1. The number of Topliss-reactive ketones (excluding diaryl/α,β-unsaturated/α-hetero) is 1. The lowest BCUT2D eigenvalue weighted by Gasteiger charge is -2.30. The third-order valence-electron chi connectivity index (χ3n) is 5.14. The summed E-state index contributed by atoms with van der Waals surface area (Å²) < 4.78 is 32.0. The number of benzene rings is 1. The van der Waals surface area contributed by atoms with Crippen LogP contribution in [0.3, 0.4) is 0 Å². The van der Waals surface area contributed by atoms with E-state index in [0.29, 0.717) is 35.8 Å². The number of carbonyl (C=O) groups is 3. The molecule has 0 spiro atoms. The van der Waals surface area contributed by atoms with Crippen LogP contribution in [-0.4, -0.2) is 55.1 Å². The van der Waals surface area contributed by atoms with Crippen LogP contribution in [0.25, 0.3) is 0 Å². The van der Waals surface area contributed by atoms with Crippen molar-refractivity contribution in [1.82, 2.24) is 9.29 Å². The molecule has 1 aliphatic heterocycles. The second kappa shape index (κ2) is 10.3. The van der Waals surface area contributed by atoms with E-state index in [1.165, 1.54) is 46.8 Å². The summed E-state index contributed by atoms with van der Waals surface area (Å²) in [4.78, 5) is 39.9. The molecule has 3 rings (SSSR count). The number of hydrogen-bond donors (Lipinski definition) is 1. The standard InChI is InChI=1S/C21H25N3O6S2/c1-3-30-19(26)12-17-13-31-21(22-17)23-20(27)16-8-10-24(11-9-16)32(28,29)18-6-4-15(5-7-18)14(2)25/h4-7,13,16H,3,8-12H2,1-2H3,(H,22,23,27). The van der Waals surface area contributed by atoms with Crippen LogP contribution in [-0.2, 0) is 30.8 Å². The van der Waals surface area contributed by atoms with E-state index in [0.717, 1.165) is 0 Å². The van der Waals surface area contributed by atoms with Crippen LogP contribution in [0.4, 0.5) is 5.13 Å². The molecule has 1 aromatic heterocycles. The molecule has 0 unspecified atom stereocenters. The first-order chi connectivity index (χ1) is 15.2. The minimum Gasteiger partial charge on any atom is -0.466 e. The number of carbonyl (C=O) groups excluding carboxylic acids is 3. The largest absolute Gasteiger partial charge is 0.466 e. The molecule has 0 bridgehead atoms. The van der Waals surface area contributed by atoms with Crippen molar-refractivity contribution in [3.63, 3.8) is 0 Å². The Morgan fingerprint density at radius 3 is 2.44 bits per heavy atom. The maximum Gasteiger partial charge on any atom is 0.311 e. The van der Waals surface area contributed by atoms with Crippen molar-refractivity contribution in [2.75, 3.05) is 25.0 Å². The Labute approximate surface area is 190 Å². The first kappa shape index (κ1) is 24.0. The van der Waals surface area contributed by atoms with Gasteiger partial charge < -0.3 is 10.1 Å². The van der Waals surface area contributed by atoms with Crippen molar-refractivity contribution < 1.29 is 27.5 Å². The summed E-state index contributed by atoms with van der Waals surface area (Å²) in [6, 6.07) is 5.86. The van der Waals surface area contributed by atoms with Crippen LogP contribution in [0.15, 0.2) is 34.5 Å². The smallest absolute Gasteiger partial charge is 0.311 e. The molecule has 11 heteroatoms. The second-order valence-corrected chi connectivity index (χ2v) is 10.2. The van der Waals surface area contributed by atoms with E-state index >= 15 is 0 Å². The molecule has 1 aliphatic rings. The predicted molar refractivity (Wildman–Crippen MR) is 119 cm³/mol. The van der Waals surface area contributed by atoms with Gasteiger partial charge in [0.2, 0.25) is 15.9 Å². The number of esters is 1. The molecule has 2 heterocycles. The number of amides is 1. The maximum absolute atomic E-state index is 12.9. The van der Waals surface area contributed by atoms with Gasteiger partial charge in [-0.15, -0.1) is 11.3 Å². The van der Waals surface area contributed by atoms with Crippen molar-refractivity contribution in [2.24, 2.45) is 5.92 Å². The average molecular weight is 480 g/mol. The molecule has 1 saturated heterocycles. The summed E-state index contributed by atoms with van der Waals surface area (Å²) >= 11 is 1.23. The summed E-state index contributed by atoms with van der Waals surface area (Å²) in [6.45, 7) is 3.89. The van der Waals surface area contributed by atoms with Crippen molar-refractivity contribution in [3.05, 3.63) is 40.9 Å². The molecule has 0 atom stereocenters. The summed E-state index contributed by atoms with van der Waals surface area (Å²) in [5, 5.41) is 4.85. The fourth-order valence-corrected chi connectivity index (χ4v) is 5.56. The zero-order chi connectivity index (χ0) is 23.3. The minimum absolute atomic E-state index is 0.0455. The first-order valence-corrected chi connectivity index (χ1v) is 12.5. The first-order valence-electron chi connectivity index (χ1n) is 10.2. The molecule has 2 aromatic rings. The number of aromatic nitrogens is 1. The Morgan fingerprint density at radius 1 is 1.19 bits per heavy atom. The Morgan fingerprint density at radius 2 is 1.84 bits per heavy atom. The van der Waals surface area contributed by atoms with E-state index in [1.54, 1.807) is 12.3 Å². The maximum atomic E-state index is 12.9. The van der Waals surface area contributed by atoms with Gasteiger partial charge in [0.15, 0.2) is 10.9 Å². The number of thiazole rings is 1. The van der Waals surface area contributed by atoms with Crippen LogP contribution in [0.1, 0.15) is 42.7 Å². The van der Waals surface area contributed by atoms with Crippen LogP contribution in [0.2, 0.25) is 0 Å². The van der Waals surface area contributed by atoms with Gasteiger partial charge in [-0.25, -0.2) is 13.4 Å². The van der Waals surface area contributed by atoms with Gasteiger partial charge in [-0.2, -0.15) is 4.31 Å². The number of nitrogens with zero attached hydrogens (tertiary/aromatic N) is 2. The topological polar surface area (TPSA) is 123 Å². The monoisotopic (exact) mass is 479 g/mol. The van der Waals surface area contributed by atoms with E-state index in [-0.39, 0.29) is 48.0 Å². The molecule has 1 N–H and O–H groups in total. The zero-order valence-electron chi connectivity index (χ0n) is 17.9. The lowest BCUT2D eigenvalue weighted by Crippen LogP contribution is -2.41. The molecule has 0 radical (unpaired) electrons. The predicted octanol–water partition coefficient (Wildman–Crippen LogP) is 2.49. The highest BCUT2D eigenvalue weighted by Crippen LogP contribution is 2.26. The lowest BCUT2D eigenvalue weighted by molar-refractivity contribution is -0.142. The Balaban J connectivity index is 1.55. The zero-order valence-corrected chi connectivity index (χ0v) is 19.5. The Kier molecular flexibility index (Phi) is 7.75. The quantitative estimate of drug-likeness (QED) is 0.456. The summed E-state index contributed by atoms with van der Waals surface area (Å²) in [5.74, 6) is -1.06. The second-order valence-electron chi connectivity index (χ2n) is 7.37. The molecular weight excluding hydrogens is 454 g/mol. The van der Waals surface area contributed by atoms with Gasteiger partial charge in [0, 0.05) is 30.0 Å². The number of sulfonamides is 1. The highest BCUT2D eigenvalue weighted by Gasteiger charge is 2.32. The van der Waals surface area contributed by atoms with Gasteiger partial charge in [0.05, 0.1) is 23.6 Å². The Bertz CT molecular complexity index is 1090. The average Bonchev–Trinajstić information content (AvgIpc) is 3.20. The van der Waals surface area contributed by atoms with Crippen LogP contribution in [0.5, 0.6) is 0 Å². The molecule has 0 aliphatic carbocycles. The summed E-state index contributed by atoms with van der Waals surface area (Å²) in [6.07, 6.45) is 0.819. The van der Waals surface area contributed by atoms with E-state index < -0.39 is 10.0 Å². The van der Waals surface area contributed by atoms with Gasteiger partial charge in [-0.3, -0.25) is 14.4 Å². The van der Waals surface area contributed by atoms with E-state index in [4.69, 9.17) is 4.74 Å². The van der Waals surface area contributed by atoms with Crippen LogP contribution >= 0.6 is 11.3 Å². The number of nitrogens with one attached hydrogen (secondary N) is 1. The molecule has 1 fully saturated rings. The van der Waals surface area contributed by atoms with Crippen molar-refractivity contribution >= 4 is 44.2 Å².